The van der Waals surface area contributed by atoms with Gasteiger partial charge in [-0.3, -0.25) is 0 Å². The molecule has 1 aromatic heterocycles. The second kappa shape index (κ2) is 5.20. The maximum Gasteiger partial charge on any atom is 0.227 e. The molecule has 2 N–H and O–H groups in total. The van der Waals surface area contributed by atoms with Crippen LogP contribution in [0.1, 0.15) is 44.8 Å². The normalized spacial score (nSPS) is 18.5. The van der Waals surface area contributed by atoms with Crippen molar-refractivity contribution in [1.29, 1.82) is 0 Å². The summed E-state index contributed by atoms with van der Waals surface area (Å²) >= 11 is 0. The van der Waals surface area contributed by atoms with Gasteiger partial charge in [-0.2, -0.15) is 4.98 Å². The second-order valence-corrected chi connectivity index (χ2v) is 8.01. The third-order valence-electron chi connectivity index (χ3n) is 3.37. The van der Waals surface area contributed by atoms with E-state index < -0.39 is 15.4 Å². The Hall–Kier alpha value is -0.950. The predicted octanol–water partition coefficient (Wildman–Crippen LogP) is 1.02. The van der Waals surface area contributed by atoms with Gasteiger partial charge in [0.25, 0.3) is 0 Å². The van der Waals surface area contributed by atoms with Gasteiger partial charge in [0, 0.05) is 6.42 Å². The molecule has 1 saturated carbocycles. The van der Waals surface area contributed by atoms with Crippen LogP contribution in [0.4, 0.5) is 0 Å². The van der Waals surface area contributed by atoms with Crippen LogP contribution in [-0.4, -0.2) is 30.1 Å². The topological polar surface area (TPSA) is 99.1 Å². The molecule has 1 fully saturated rings. The summed E-state index contributed by atoms with van der Waals surface area (Å²) in [6, 6.07) is 0. The Kier molecular flexibility index (Phi) is 3.96. The highest BCUT2D eigenvalue weighted by molar-refractivity contribution is 7.91. The Morgan fingerprint density at radius 1 is 1.42 bits per heavy atom. The number of hydrogen-bond donors (Lipinski definition) is 1. The molecule has 0 aromatic carbocycles. The van der Waals surface area contributed by atoms with E-state index in [4.69, 9.17) is 10.3 Å². The van der Waals surface area contributed by atoms with Crippen LogP contribution in [0.3, 0.4) is 0 Å². The van der Waals surface area contributed by atoms with E-state index in [2.05, 4.69) is 10.1 Å². The molecule has 0 spiro atoms. The molecule has 1 aliphatic rings. The Morgan fingerprint density at radius 3 is 2.63 bits per heavy atom. The number of rotatable bonds is 6. The minimum Gasteiger partial charge on any atom is -0.339 e. The molecule has 0 radical (unpaired) electrons. The van der Waals surface area contributed by atoms with Gasteiger partial charge in [0.2, 0.25) is 5.89 Å². The largest absolute Gasteiger partial charge is 0.339 e. The summed E-state index contributed by atoms with van der Waals surface area (Å²) in [4.78, 5) is 4.22. The summed E-state index contributed by atoms with van der Waals surface area (Å²) in [5.74, 6) is 1.23. The first-order valence-corrected chi connectivity index (χ1v) is 8.45. The molecule has 0 bridgehead atoms. The maximum absolute atomic E-state index is 11.8. The summed E-state index contributed by atoms with van der Waals surface area (Å²) in [7, 11) is -3.06. The molecule has 19 heavy (non-hydrogen) atoms. The van der Waals surface area contributed by atoms with Crippen molar-refractivity contribution < 1.29 is 12.9 Å². The fourth-order valence-electron chi connectivity index (χ4n) is 2.17. The summed E-state index contributed by atoms with van der Waals surface area (Å²) in [5.41, 5.74) is 5.62. The summed E-state index contributed by atoms with van der Waals surface area (Å²) < 4.78 is 28.6. The van der Waals surface area contributed by atoms with Gasteiger partial charge in [0.15, 0.2) is 15.7 Å². The van der Waals surface area contributed by atoms with Gasteiger partial charge in [-0.1, -0.05) is 19.0 Å². The minimum atomic E-state index is -3.06. The first kappa shape index (κ1) is 14.5. The van der Waals surface area contributed by atoms with Gasteiger partial charge in [0.05, 0.1) is 17.0 Å². The van der Waals surface area contributed by atoms with Crippen molar-refractivity contribution in [2.45, 2.75) is 45.1 Å². The van der Waals surface area contributed by atoms with E-state index in [1.165, 1.54) is 0 Å². The van der Waals surface area contributed by atoms with Crippen LogP contribution in [-0.2, 0) is 21.8 Å². The zero-order valence-corrected chi connectivity index (χ0v) is 12.2. The lowest BCUT2D eigenvalue weighted by molar-refractivity contribution is 0.229. The SMILES string of the molecule is CC(C)CS(=O)(=O)CCc1nc(C2(N)CCC2)no1. The van der Waals surface area contributed by atoms with Gasteiger partial charge < -0.3 is 10.3 Å². The highest BCUT2D eigenvalue weighted by Gasteiger charge is 2.38. The molecule has 108 valence electrons. The van der Waals surface area contributed by atoms with E-state index in [0.717, 1.165) is 19.3 Å². The average Bonchev–Trinajstić information content (AvgIpc) is 2.70. The second-order valence-electron chi connectivity index (χ2n) is 5.78. The Labute approximate surface area is 113 Å². The summed E-state index contributed by atoms with van der Waals surface area (Å²) in [5, 5.41) is 3.87. The average molecular weight is 287 g/mol. The van der Waals surface area contributed by atoms with E-state index in [1.54, 1.807) is 0 Å². The monoisotopic (exact) mass is 287 g/mol. The van der Waals surface area contributed by atoms with Crippen molar-refractivity contribution in [3.8, 4) is 0 Å². The summed E-state index contributed by atoms with van der Waals surface area (Å²) in [6.07, 6.45) is 3.05. The van der Waals surface area contributed by atoms with Crippen molar-refractivity contribution in [3.05, 3.63) is 11.7 Å². The summed E-state index contributed by atoms with van der Waals surface area (Å²) in [6.45, 7) is 3.77. The number of nitrogens with zero attached hydrogens (tertiary/aromatic N) is 2. The standard InChI is InChI=1S/C12H21N3O3S/c1-9(2)8-19(16,17)7-4-10-14-11(15-18-10)12(13)5-3-6-12/h9H,3-8,13H2,1-2H3. The molecular formula is C12H21N3O3S. The van der Waals surface area contributed by atoms with E-state index in [1.807, 2.05) is 13.8 Å². The zero-order chi connectivity index (χ0) is 14.1. The minimum absolute atomic E-state index is 0.0460. The molecule has 0 atom stereocenters. The molecule has 0 saturated heterocycles. The Morgan fingerprint density at radius 2 is 2.11 bits per heavy atom. The molecule has 2 rings (SSSR count). The van der Waals surface area contributed by atoms with Gasteiger partial charge in [0.1, 0.15) is 0 Å². The van der Waals surface area contributed by atoms with Gasteiger partial charge >= 0.3 is 0 Å². The fraction of sp³-hybridized carbons (Fsp3) is 0.833. The van der Waals surface area contributed by atoms with Crippen LogP contribution in [0.5, 0.6) is 0 Å². The van der Waals surface area contributed by atoms with Crippen molar-refractivity contribution in [2.75, 3.05) is 11.5 Å². The lowest BCUT2D eigenvalue weighted by Crippen LogP contribution is -2.44. The van der Waals surface area contributed by atoms with Gasteiger partial charge in [-0.15, -0.1) is 0 Å². The highest BCUT2D eigenvalue weighted by atomic mass is 32.2. The molecule has 1 aromatic rings. The molecule has 1 heterocycles. The lowest BCUT2D eigenvalue weighted by atomic mass is 9.77. The van der Waals surface area contributed by atoms with E-state index in [0.29, 0.717) is 11.7 Å². The quantitative estimate of drug-likeness (QED) is 0.838. The Bertz CT molecular complexity index is 532. The maximum atomic E-state index is 11.8. The van der Waals surface area contributed by atoms with Crippen LogP contribution in [0, 0.1) is 5.92 Å². The first-order valence-electron chi connectivity index (χ1n) is 6.63. The van der Waals surface area contributed by atoms with Crippen LogP contribution < -0.4 is 5.73 Å². The number of aryl methyl sites for hydroxylation is 1. The number of aromatic nitrogens is 2. The third kappa shape index (κ3) is 3.54. The molecular weight excluding hydrogens is 266 g/mol. The fourth-order valence-corrected chi connectivity index (χ4v) is 3.84. The number of nitrogens with two attached hydrogens (primary N) is 1. The van der Waals surface area contributed by atoms with Crippen molar-refractivity contribution in [2.24, 2.45) is 11.7 Å². The van der Waals surface area contributed by atoms with Crippen LogP contribution in [0.25, 0.3) is 0 Å². The molecule has 0 amide bonds. The Balaban J connectivity index is 1.94. The smallest absolute Gasteiger partial charge is 0.227 e. The number of sulfone groups is 1. The predicted molar refractivity (Wildman–Crippen MR) is 71.2 cm³/mol. The van der Waals surface area contributed by atoms with Crippen LogP contribution in [0.2, 0.25) is 0 Å². The van der Waals surface area contributed by atoms with E-state index >= 15 is 0 Å². The molecule has 1 aliphatic carbocycles. The van der Waals surface area contributed by atoms with E-state index in [9.17, 15) is 8.42 Å². The number of hydrogen-bond acceptors (Lipinski definition) is 6. The van der Waals surface area contributed by atoms with Crippen molar-refractivity contribution in [1.82, 2.24) is 10.1 Å². The molecule has 0 aliphatic heterocycles. The van der Waals surface area contributed by atoms with Crippen LogP contribution in [0.15, 0.2) is 4.52 Å². The molecule has 7 heteroatoms. The lowest BCUT2D eigenvalue weighted by Gasteiger charge is -2.34. The first-order chi connectivity index (χ1) is 8.81. The van der Waals surface area contributed by atoms with Gasteiger partial charge in [-0.05, 0) is 25.2 Å². The molecule has 6 nitrogen and oxygen atoms in total. The molecule has 0 unspecified atom stereocenters. The van der Waals surface area contributed by atoms with Crippen molar-refractivity contribution in [3.63, 3.8) is 0 Å². The van der Waals surface area contributed by atoms with Crippen molar-refractivity contribution >= 4 is 9.84 Å². The highest BCUT2D eigenvalue weighted by Crippen LogP contribution is 2.36. The zero-order valence-electron chi connectivity index (χ0n) is 11.4. The van der Waals surface area contributed by atoms with Gasteiger partial charge in [-0.25, -0.2) is 8.42 Å². The van der Waals surface area contributed by atoms with Crippen LogP contribution >= 0.6 is 0 Å². The third-order valence-corrected chi connectivity index (χ3v) is 5.37. The van der Waals surface area contributed by atoms with E-state index in [-0.39, 0.29) is 23.8 Å².